The topological polar surface area (TPSA) is 73.1 Å². The summed E-state index contributed by atoms with van der Waals surface area (Å²) in [6, 6.07) is 12.0. The number of sulfonamides is 1. The minimum Gasteiger partial charge on any atom is -0.283 e. The Morgan fingerprint density at radius 3 is 2.31 bits per heavy atom. The first-order valence-electron chi connectivity index (χ1n) is 7.88. The lowest BCUT2D eigenvalue weighted by Crippen LogP contribution is -2.22. The third kappa shape index (κ3) is 3.32. The third-order valence-corrected chi connectivity index (χ3v) is 6.98. The van der Waals surface area contributed by atoms with Crippen LogP contribution in [0.15, 0.2) is 51.5 Å². The number of benzene rings is 1. The highest BCUT2D eigenvalue weighted by atomic mass is 35.5. The fourth-order valence-corrected chi connectivity index (χ4v) is 5.42. The summed E-state index contributed by atoms with van der Waals surface area (Å²) in [5.41, 5.74) is 0.890. The summed E-state index contributed by atoms with van der Waals surface area (Å²) in [6.07, 6.45) is 0. The number of halogens is 1. The van der Waals surface area contributed by atoms with Crippen molar-refractivity contribution in [3.8, 4) is 5.69 Å². The average molecular weight is 412 g/mol. The molecule has 138 valence electrons. The molecule has 0 unspecified atom stereocenters. The molecule has 0 fully saturated rings. The average Bonchev–Trinajstić information content (AvgIpc) is 3.11. The van der Waals surface area contributed by atoms with Crippen molar-refractivity contribution < 1.29 is 8.42 Å². The monoisotopic (exact) mass is 411 g/mol. The number of hydrogen-bond donors (Lipinski definition) is 1. The van der Waals surface area contributed by atoms with Gasteiger partial charge in [0.2, 0.25) is 0 Å². The van der Waals surface area contributed by atoms with Gasteiger partial charge in [0.1, 0.15) is 9.90 Å². The number of nitrogens with one attached hydrogen (secondary N) is 1. The van der Waals surface area contributed by atoms with Crippen molar-refractivity contribution in [2.45, 2.75) is 24.0 Å². The summed E-state index contributed by atoms with van der Waals surface area (Å²) in [4.78, 5) is 13.0. The van der Waals surface area contributed by atoms with Gasteiger partial charge in [-0.05, 0) is 30.2 Å². The molecule has 0 radical (unpaired) electrons. The van der Waals surface area contributed by atoms with E-state index in [2.05, 4.69) is 4.72 Å². The van der Waals surface area contributed by atoms with Gasteiger partial charge < -0.3 is 0 Å². The zero-order chi connectivity index (χ0) is 19.1. The highest BCUT2D eigenvalue weighted by Crippen LogP contribution is 2.29. The lowest BCUT2D eigenvalue weighted by atomic mass is 10.1. The fraction of sp³-hybridized carbons (Fsp3) is 0.235. The largest absolute Gasteiger partial charge is 0.296 e. The number of hydrogen-bond acceptors (Lipinski definition) is 4. The van der Waals surface area contributed by atoms with Gasteiger partial charge in [-0.1, -0.05) is 43.6 Å². The zero-order valence-electron chi connectivity index (χ0n) is 14.4. The second kappa shape index (κ2) is 6.94. The SMILES string of the molecule is CC(C)c1c(NS(=O)(=O)c2ccc(Cl)s2)c(=O)n(-c2ccccc2)n1C. The van der Waals surface area contributed by atoms with Crippen molar-refractivity contribution in [1.29, 1.82) is 0 Å². The van der Waals surface area contributed by atoms with Gasteiger partial charge >= 0.3 is 0 Å². The van der Waals surface area contributed by atoms with Crippen LogP contribution in [0.4, 0.5) is 5.69 Å². The summed E-state index contributed by atoms with van der Waals surface area (Å²) in [7, 11) is -2.16. The minimum atomic E-state index is -3.90. The van der Waals surface area contributed by atoms with Crippen LogP contribution in [0.1, 0.15) is 25.5 Å². The van der Waals surface area contributed by atoms with E-state index in [1.165, 1.54) is 16.8 Å². The molecule has 9 heteroatoms. The molecule has 2 heterocycles. The molecule has 6 nitrogen and oxygen atoms in total. The molecule has 0 aliphatic carbocycles. The number of rotatable bonds is 5. The van der Waals surface area contributed by atoms with Gasteiger partial charge in [0.25, 0.3) is 15.6 Å². The van der Waals surface area contributed by atoms with Crippen molar-refractivity contribution in [2.24, 2.45) is 7.05 Å². The van der Waals surface area contributed by atoms with E-state index in [-0.39, 0.29) is 15.8 Å². The second-order valence-electron chi connectivity index (χ2n) is 6.06. The molecular formula is C17H18ClN3O3S2. The van der Waals surface area contributed by atoms with E-state index in [0.717, 1.165) is 11.3 Å². The lowest BCUT2D eigenvalue weighted by molar-refractivity contribution is 0.594. The normalized spacial score (nSPS) is 11.9. The highest BCUT2D eigenvalue weighted by Gasteiger charge is 2.26. The van der Waals surface area contributed by atoms with Gasteiger partial charge in [-0.15, -0.1) is 11.3 Å². The number of thiophene rings is 1. The first-order valence-corrected chi connectivity index (χ1v) is 10.6. The summed E-state index contributed by atoms with van der Waals surface area (Å²) in [5.74, 6) is -0.0673. The third-order valence-electron chi connectivity index (χ3n) is 3.91. The lowest BCUT2D eigenvalue weighted by Gasteiger charge is -2.13. The van der Waals surface area contributed by atoms with Gasteiger partial charge in [-0.2, -0.15) is 0 Å². The quantitative estimate of drug-likeness (QED) is 0.693. The van der Waals surface area contributed by atoms with Gasteiger partial charge in [-0.3, -0.25) is 14.2 Å². The van der Waals surface area contributed by atoms with Crippen LogP contribution < -0.4 is 10.3 Å². The van der Waals surface area contributed by atoms with E-state index in [0.29, 0.717) is 15.7 Å². The predicted molar refractivity (Wildman–Crippen MR) is 105 cm³/mol. The fourth-order valence-electron chi connectivity index (χ4n) is 2.87. The molecule has 1 aromatic carbocycles. The minimum absolute atomic E-state index is 0.0517. The summed E-state index contributed by atoms with van der Waals surface area (Å²) in [5, 5.41) is 0. The van der Waals surface area contributed by atoms with E-state index in [1.807, 2.05) is 32.0 Å². The number of para-hydroxylation sites is 1. The Balaban J connectivity index is 2.17. The van der Waals surface area contributed by atoms with Crippen LogP contribution in [0.2, 0.25) is 4.34 Å². The van der Waals surface area contributed by atoms with Crippen LogP contribution in [0.5, 0.6) is 0 Å². The molecule has 0 bridgehead atoms. The molecule has 3 rings (SSSR count). The van der Waals surface area contributed by atoms with E-state index in [4.69, 9.17) is 11.6 Å². The van der Waals surface area contributed by atoms with Crippen LogP contribution in [-0.2, 0) is 17.1 Å². The molecule has 0 aliphatic heterocycles. The molecule has 0 aliphatic rings. The molecule has 0 atom stereocenters. The molecule has 0 saturated carbocycles. The molecule has 26 heavy (non-hydrogen) atoms. The van der Waals surface area contributed by atoms with E-state index < -0.39 is 15.6 Å². The van der Waals surface area contributed by atoms with Gasteiger partial charge in [0.15, 0.2) is 0 Å². The number of anilines is 1. The van der Waals surface area contributed by atoms with Crippen molar-refractivity contribution in [3.63, 3.8) is 0 Å². The molecule has 2 aromatic heterocycles. The first-order chi connectivity index (χ1) is 12.2. The van der Waals surface area contributed by atoms with Crippen LogP contribution in [0.3, 0.4) is 0 Å². The van der Waals surface area contributed by atoms with Gasteiger partial charge in [0, 0.05) is 7.05 Å². The summed E-state index contributed by atoms with van der Waals surface area (Å²) >= 11 is 6.79. The molecule has 0 amide bonds. The highest BCUT2D eigenvalue weighted by molar-refractivity contribution is 7.94. The van der Waals surface area contributed by atoms with Gasteiger partial charge in [-0.25, -0.2) is 13.1 Å². The Bertz CT molecular complexity index is 1100. The molecule has 1 N–H and O–H groups in total. The summed E-state index contributed by atoms with van der Waals surface area (Å²) in [6.45, 7) is 3.81. The summed E-state index contributed by atoms with van der Waals surface area (Å²) < 4.78 is 31.4. The molecular weight excluding hydrogens is 394 g/mol. The van der Waals surface area contributed by atoms with Crippen LogP contribution >= 0.6 is 22.9 Å². The Morgan fingerprint density at radius 1 is 1.12 bits per heavy atom. The van der Waals surface area contributed by atoms with Crippen molar-refractivity contribution in [1.82, 2.24) is 9.36 Å². The maximum atomic E-state index is 13.0. The Morgan fingerprint density at radius 2 is 1.77 bits per heavy atom. The predicted octanol–water partition coefficient (Wildman–Crippen LogP) is 3.82. The Labute approximate surface area is 160 Å². The van der Waals surface area contributed by atoms with Crippen LogP contribution in [0, 0.1) is 0 Å². The standard InChI is InChI=1S/C17H18ClN3O3S2/c1-11(2)16-15(19-26(23,24)14-10-9-13(18)25-14)17(22)21(20(16)3)12-7-5-4-6-8-12/h4-11,19H,1-3H3. The van der Waals surface area contributed by atoms with Gasteiger partial charge in [0.05, 0.1) is 15.7 Å². The zero-order valence-corrected chi connectivity index (χ0v) is 16.8. The van der Waals surface area contributed by atoms with Crippen LogP contribution in [0.25, 0.3) is 5.69 Å². The second-order valence-corrected chi connectivity index (χ2v) is 9.68. The Hall–Kier alpha value is -2.03. The molecule has 0 spiro atoms. The number of nitrogens with zero attached hydrogens (tertiary/aromatic N) is 2. The van der Waals surface area contributed by atoms with E-state index in [9.17, 15) is 13.2 Å². The number of aromatic nitrogens is 2. The van der Waals surface area contributed by atoms with Crippen LogP contribution in [-0.4, -0.2) is 17.8 Å². The molecule has 3 aromatic rings. The van der Waals surface area contributed by atoms with Crippen molar-refractivity contribution >= 4 is 38.6 Å². The smallest absolute Gasteiger partial charge is 0.283 e. The molecule has 0 saturated heterocycles. The van der Waals surface area contributed by atoms with E-state index >= 15 is 0 Å². The van der Waals surface area contributed by atoms with Crippen molar-refractivity contribution in [2.75, 3.05) is 4.72 Å². The van der Waals surface area contributed by atoms with Crippen molar-refractivity contribution in [3.05, 3.63) is 62.8 Å². The maximum absolute atomic E-state index is 13.0. The maximum Gasteiger partial charge on any atom is 0.296 e. The van der Waals surface area contributed by atoms with E-state index in [1.54, 1.807) is 23.9 Å². The first kappa shape index (κ1) is 18.8. The Kier molecular flexibility index (Phi) is 5.01.